The fraction of sp³-hybridized carbons (Fsp3) is 0.552. The lowest BCUT2D eigenvalue weighted by atomic mass is 10.00. The van der Waals surface area contributed by atoms with Crippen LogP contribution < -0.4 is 5.32 Å². The number of methoxy groups -OCH3 is 1. The van der Waals surface area contributed by atoms with Crippen LogP contribution >= 0.6 is 11.3 Å². The molecule has 0 saturated carbocycles. The van der Waals surface area contributed by atoms with Crippen LogP contribution in [-0.4, -0.2) is 89.5 Å². The molecule has 1 fully saturated rings. The Morgan fingerprint density at radius 2 is 2.02 bits per heavy atom. The Bertz CT molecular complexity index is 1180. The van der Waals surface area contributed by atoms with Crippen molar-refractivity contribution in [3.63, 3.8) is 0 Å². The molecule has 0 bridgehead atoms. The summed E-state index contributed by atoms with van der Waals surface area (Å²) >= 11 is 1.61. The molecule has 2 aromatic heterocycles. The third kappa shape index (κ3) is 8.02. The fourth-order valence-electron chi connectivity index (χ4n) is 5.22. The van der Waals surface area contributed by atoms with Crippen molar-refractivity contribution in [3.8, 4) is 6.07 Å². The number of amides is 3. The number of likely N-dealkylation sites (N-methyl/N-ethyl adjacent to an activating group) is 1. The molecule has 0 spiro atoms. The molecule has 3 amide bonds. The summed E-state index contributed by atoms with van der Waals surface area (Å²) in [5.74, 6) is -0.246. The van der Waals surface area contributed by atoms with Gasteiger partial charge in [0.1, 0.15) is 18.3 Å². The molecule has 0 aromatic carbocycles. The van der Waals surface area contributed by atoms with Crippen LogP contribution in [0.2, 0.25) is 0 Å². The number of likely N-dealkylation sites (tertiary alicyclic amines) is 1. The van der Waals surface area contributed by atoms with Gasteiger partial charge in [-0.05, 0) is 81.0 Å². The van der Waals surface area contributed by atoms with E-state index in [0.717, 1.165) is 43.5 Å². The number of aryl methyl sites for hydroxylation is 2. The van der Waals surface area contributed by atoms with Gasteiger partial charge in [0.05, 0.1) is 18.4 Å². The Morgan fingerprint density at radius 1 is 1.30 bits per heavy atom. The summed E-state index contributed by atoms with van der Waals surface area (Å²) in [4.78, 5) is 48.2. The van der Waals surface area contributed by atoms with Gasteiger partial charge in [0.15, 0.2) is 0 Å². The predicted molar refractivity (Wildman–Crippen MR) is 154 cm³/mol. The number of aromatic nitrogens is 1. The van der Waals surface area contributed by atoms with E-state index in [0.29, 0.717) is 36.6 Å². The van der Waals surface area contributed by atoms with Crippen LogP contribution in [0.25, 0.3) is 0 Å². The topological polar surface area (TPSA) is 119 Å². The van der Waals surface area contributed by atoms with Crippen LogP contribution in [-0.2, 0) is 16.1 Å². The Kier molecular flexibility index (Phi) is 11.5. The van der Waals surface area contributed by atoms with Crippen LogP contribution in [0.4, 0.5) is 4.79 Å². The number of carbonyl (C=O) groups is 3. The molecular weight excluding hydrogens is 528 g/mol. The van der Waals surface area contributed by atoms with Gasteiger partial charge in [-0.1, -0.05) is 0 Å². The highest BCUT2D eigenvalue weighted by molar-refractivity contribution is 7.07. The van der Waals surface area contributed by atoms with Gasteiger partial charge in [-0.15, -0.1) is 0 Å². The smallest absolute Gasteiger partial charge is 0.409 e. The fourth-order valence-corrected chi connectivity index (χ4v) is 5.88. The molecule has 3 heterocycles. The van der Waals surface area contributed by atoms with E-state index in [4.69, 9.17) is 10.00 Å². The molecule has 216 valence electrons. The SMILES string of the molecule is CCN(CC(=O)N(Cc1ccsc1)C1CCN([C@H](C)CCNC(=O)c2c(C)cc(C#N)nc2C)CC1)C(=O)OC. The van der Waals surface area contributed by atoms with Crippen molar-refractivity contribution in [3.05, 3.63) is 51.0 Å². The summed E-state index contributed by atoms with van der Waals surface area (Å²) in [6.07, 6.45) is 1.97. The number of nitrogens with zero attached hydrogens (tertiary/aromatic N) is 5. The zero-order valence-electron chi connectivity index (χ0n) is 24.1. The molecule has 1 atom stereocenters. The van der Waals surface area contributed by atoms with E-state index in [-0.39, 0.29) is 30.4 Å². The van der Waals surface area contributed by atoms with Crippen LogP contribution in [0.3, 0.4) is 0 Å². The first-order chi connectivity index (χ1) is 19.2. The van der Waals surface area contributed by atoms with Gasteiger partial charge in [-0.2, -0.15) is 16.6 Å². The van der Waals surface area contributed by atoms with Gasteiger partial charge < -0.3 is 19.9 Å². The standard InChI is InChI=1S/C29H40N6O4S/c1-6-33(29(38)39-5)18-26(36)35(17-23-10-14-40-19-23)25-8-12-34(13-9-25)21(3)7-11-31-28(37)27-20(2)15-24(16-30)32-22(27)4/h10,14-15,19,21,25H,6-9,11-13,17-18H2,1-5H3,(H,31,37)/t21-/m1/s1. The van der Waals surface area contributed by atoms with Gasteiger partial charge >= 0.3 is 6.09 Å². The summed E-state index contributed by atoms with van der Waals surface area (Å²) in [7, 11) is 1.33. The van der Waals surface area contributed by atoms with Crippen molar-refractivity contribution in [2.24, 2.45) is 0 Å². The molecule has 40 heavy (non-hydrogen) atoms. The molecule has 1 N–H and O–H groups in total. The number of thiophene rings is 1. The second-order valence-electron chi connectivity index (χ2n) is 10.2. The minimum absolute atomic E-state index is 0.00265. The molecule has 10 nitrogen and oxygen atoms in total. The molecule has 1 aliphatic heterocycles. The maximum Gasteiger partial charge on any atom is 0.409 e. The molecule has 0 aliphatic carbocycles. The van der Waals surface area contributed by atoms with Crippen molar-refractivity contribution in [1.29, 1.82) is 5.26 Å². The normalized spacial score (nSPS) is 14.7. The second-order valence-corrected chi connectivity index (χ2v) is 11.0. The van der Waals surface area contributed by atoms with Crippen molar-refractivity contribution < 1.29 is 19.1 Å². The Morgan fingerprint density at radius 3 is 2.60 bits per heavy atom. The monoisotopic (exact) mass is 568 g/mol. The van der Waals surface area contributed by atoms with Crippen molar-refractivity contribution in [1.82, 2.24) is 25.0 Å². The number of hydrogen-bond donors (Lipinski definition) is 1. The Labute approximate surface area is 240 Å². The maximum atomic E-state index is 13.4. The maximum absolute atomic E-state index is 13.4. The average Bonchev–Trinajstić information content (AvgIpc) is 3.47. The van der Waals surface area contributed by atoms with Crippen LogP contribution in [0, 0.1) is 25.2 Å². The van der Waals surface area contributed by atoms with Crippen LogP contribution in [0.15, 0.2) is 22.9 Å². The molecule has 2 aromatic rings. The summed E-state index contributed by atoms with van der Waals surface area (Å²) < 4.78 is 4.84. The minimum Gasteiger partial charge on any atom is -0.453 e. The number of ether oxygens (including phenoxy) is 1. The van der Waals surface area contributed by atoms with E-state index in [1.165, 1.54) is 12.0 Å². The lowest BCUT2D eigenvalue weighted by Gasteiger charge is -2.41. The first-order valence-corrected chi connectivity index (χ1v) is 14.7. The van der Waals surface area contributed by atoms with Gasteiger partial charge in [0.2, 0.25) is 5.91 Å². The number of carbonyl (C=O) groups excluding carboxylic acids is 3. The minimum atomic E-state index is -0.497. The Hall–Kier alpha value is -3.49. The number of piperidine rings is 1. The number of nitrogens with one attached hydrogen (secondary N) is 1. The quantitative estimate of drug-likeness (QED) is 0.439. The van der Waals surface area contributed by atoms with E-state index in [1.807, 2.05) is 36.3 Å². The predicted octanol–water partition coefficient (Wildman–Crippen LogP) is 3.72. The first kappa shape index (κ1) is 31.0. The van der Waals surface area contributed by atoms with Crippen molar-refractivity contribution >= 4 is 29.2 Å². The number of hydrogen-bond acceptors (Lipinski definition) is 8. The molecule has 1 aliphatic rings. The zero-order valence-corrected chi connectivity index (χ0v) is 24.9. The lowest BCUT2D eigenvalue weighted by molar-refractivity contribution is -0.136. The highest BCUT2D eigenvalue weighted by atomic mass is 32.1. The van der Waals surface area contributed by atoms with Gasteiger partial charge in [0.25, 0.3) is 5.91 Å². The molecule has 0 unspecified atom stereocenters. The number of nitriles is 1. The van der Waals surface area contributed by atoms with Crippen LogP contribution in [0.1, 0.15) is 66.0 Å². The summed E-state index contributed by atoms with van der Waals surface area (Å²) in [5, 5.41) is 16.2. The van der Waals surface area contributed by atoms with E-state index < -0.39 is 6.09 Å². The van der Waals surface area contributed by atoms with Crippen molar-refractivity contribution in [2.45, 2.75) is 65.6 Å². The van der Waals surface area contributed by atoms with Crippen molar-refractivity contribution in [2.75, 3.05) is 39.8 Å². The van der Waals surface area contributed by atoms with Gasteiger partial charge in [0, 0.05) is 44.8 Å². The third-order valence-corrected chi connectivity index (χ3v) is 8.28. The number of rotatable bonds is 11. The van der Waals surface area contributed by atoms with E-state index in [1.54, 1.807) is 24.3 Å². The van der Waals surface area contributed by atoms with E-state index in [2.05, 4.69) is 27.5 Å². The lowest BCUT2D eigenvalue weighted by Crippen LogP contribution is -2.51. The first-order valence-electron chi connectivity index (χ1n) is 13.7. The van der Waals surface area contributed by atoms with Crippen LogP contribution in [0.5, 0.6) is 0 Å². The summed E-state index contributed by atoms with van der Waals surface area (Å²) in [6, 6.07) is 6.04. The molecule has 0 radical (unpaired) electrons. The summed E-state index contributed by atoms with van der Waals surface area (Å²) in [5.41, 5.74) is 3.22. The third-order valence-electron chi connectivity index (χ3n) is 7.54. The van der Waals surface area contributed by atoms with E-state index in [9.17, 15) is 14.4 Å². The molecule has 11 heteroatoms. The number of pyridine rings is 1. The molecule has 1 saturated heterocycles. The van der Waals surface area contributed by atoms with Gasteiger partial charge in [-0.25, -0.2) is 9.78 Å². The average molecular weight is 569 g/mol. The Balaban J connectivity index is 1.54. The molecular formula is C29H40N6O4S. The highest BCUT2D eigenvalue weighted by Crippen LogP contribution is 2.23. The van der Waals surface area contributed by atoms with Gasteiger partial charge in [-0.3, -0.25) is 14.5 Å². The largest absolute Gasteiger partial charge is 0.453 e. The summed E-state index contributed by atoms with van der Waals surface area (Å²) in [6.45, 7) is 10.7. The highest BCUT2D eigenvalue weighted by Gasteiger charge is 2.31. The zero-order chi connectivity index (χ0) is 29.2. The van der Waals surface area contributed by atoms with E-state index >= 15 is 0 Å². The second kappa shape index (κ2) is 14.8. The molecule has 3 rings (SSSR count).